The number of nitrogens with zero attached hydrogens (tertiary/aromatic N) is 1. The Morgan fingerprint density at radius 1 is 1.38 bits per heavy atom. The monoisotopic (exact) mass is 300 g/mol. The fourth-order valence-corrected chi connectivity index (χ4v) is 1.92. The normalized spacial score (nSPS) is 9.67. The first-order chi connectivity index (χ1) is 10.1. The lowest BCUT2D eigenvalue weighted by molar-refractivity contribution is 0.102. The van der Waals surface area contributed by atoms with E-state index in [0.29, 0.717) is 21.8 Å². The van der Waals surface area contributed by atoms with Crippen LogP contribution in [0.3, 0.4) is 0 Å². The van der Waals surface area contributed by atoms with Gasteiger partial charge in [0.15, 0.2) is 0 Å². The maximum atomic E-state index is 12.2. The van der Waals surface area contributed by atoms with E-state index in [9.17, 15) is 4.79 Å². The van der Waals surface area contributed by atoms with Crippen molar-refractivity contribution in [1.29, 1.82) is 0 Å². The van der Waals surface area contributed by atoms with E-state index in [-0.39, 0.29) is 12.5 Å². The first-order valence-electron chi connectivity index (χ1n) is 6.23. The lowest BCUT2D eigenvalue weighted by Gasteiger charge is -2.08. The molecule has 0 radical (unpaired) electrons. The molecule has 0 aliphatic heterocycles. The van der Waals surface area contributed by atoms with Crippen LogP contribution in [-0.4, -0.2) is 22.6 Å². The van der Waals surface area contributed by atoms with Crippen molar-refractivity contribution in [3.05, 3.63) is 58.4 Å². The molecular formula is C16H13ClN2O2. The highest BCUT2D eigenvalue weighted by atomic mass is 35.5. The van der Waals surface area contributed by atoms with E-state index in [1.165, 1.54) is 0 Å². The average molecular weight is 301 g/mol. The van der Waals surface area contributed by atoms with E-state index < -0.39 is 0 Å². The Morgan fingerprint density at radius 3 is 2.90 bits per heavy atom. The highest BCUT2D eigenvalue weighted by Crippen LogP contribution is 2.21. The molecule has 1 heterocycles. The van der Waals surface area contributed by atoms with Gasteiger partial charge in [-0.2, -0.15) is 0 Å². The third-order valence-corrected chi connectivity index (χ3v) is 2.93. The Hall–Kier alpha value is -2.35. The molecule has 4 nitrogen and oxygen atoms in total. The zero-order chi connectivity index (χ0) is 15.2. The predicted octanol–water partition coefficient (Wildman–Crippen LogP) is 2.64. The highest BCUT2D eigenvalue weighted by molar-refractivity contribution is 6.31. The Balaban J connectivity index is 2.30. The number of aliphatic hydroxyl groups is 1. The molecule has 0 atom stereocenters. The molecule has 0 fully saturated rings. The van der Waals surface area contributed by atoms with Gasteiger partial charge in [-0.1, -0.05) is 23.4 Å². The fourth-order valence-electron chi connectivity index (χ4n) is 1.74. The standard InChI is InChI=1S/C16H13ClN2O2/c1-11-9-13(6-7-18-11)16(21)19-15-10-14(17)5-4-12(15)3-2-8-20/h4-7,9-10,20H,8H2,1H3,(H,19,21). The van der Waals surface area contributed by atoms with Gasteiger partial charge in [0.05, 0.1) is 5.69 Å². The van der Waals surface area contributed by atoms with Crippen molar-refractivity contribution in [2.45, 2.75) is 6.92 Å². The topological polar surface area (TPSA) is 62.2 Å². The van der Waals surface area contributed by atoms with Gasteiger partial charge in [-0.05, 0) is 37.3 Å². The van der Waals surface area contributed by atoms with Crippen molar-refractivity contribution in [2.75, 3.05) is 11.9 Å². The molecule has 0 aliphatic rings. The number of carbonyl (C=O) groups is 1. The molecule has 0 aliphatic carbocycles. The van der Waals surface area contributed by atoms with Gasteiger partial charge >= 0.3 is 0 Å². The molecule has 0 unspecified atom stereocenters. The summed E-state index contributed by atoms with van der Waals surface area (Å²) in [7, 11) is 0. The van der Waals surface area contributed by atoms with Crippen LogP contribution in [0.2, 0.25) is 5.02 Å². The smallest absolute Gasteiger partial charge is 0.255 e. The molecule has 0 saturated heterocycles. The maximum Gasteiger partial charge on any atom is 0.255 e. The van der Waals surface area contributed by atoms with Crippen LogP contribution >= 0.6 is 11.6 Å². The summed E-state index contributed by atoms with van der Waals surface area (Å²) in [5, 5.41) is 12.0. The summed E-state index contributed by atoms with van der Waals surface area (Å²) in [6.07, 6.45) is 1.58. The molecule has 1 amide bonds. The molecule has 106 valence electrons. The van der Waals surface area contributed by atoms with Crippen LogP contribution in [0, 0.1) is 18.8 Å². The first-order valence-corrected chi connectivity index (χ1v) is 6.61. The summed E-state index contributed by atoms with van der Waals surface area (Å²) in [6, 6.07) is 8.31. The number of rotatable bonds is 2. The second kappa shape index (κ2) is 6.89. The van der Waals surface area contributed by atoms with Crippen LogP contribution in [0.25, 0.3) is 0 Å². The Labute approximate surface area is 127 Å². The van der Waals surface area contributed by atoms with E-state index in [2.05, 4.69) is 22.1 Å². The van der Waals surface area contributed by atoms with Gasteiger partial charge in [0.1, 0.15) is 6.61 Å². The average Bonchev–Trinajstić information content (AvgIpc) is 2.46. The minimum atomic E-state index is -0.269. The van der Waals surface area contributed by atoms with Gasteiger partial charge in [0, 0.05) is 28.0 Å². The zero-order valence-electron chi connectivity index (χ0n) is 11.4. The Morgan fingerprint density at radius 2 is 2.19 bits per heavy atom. The van der Waals surface area contributed by atoms with Crippen molar-refractivity contribution < 1.29 is 9.90 Å². The molecule has 0 saturated carbocycles. The number of benzene rings is 1. The van der Waals surface area contributed by atoms with Gasteiger partial charge < -0.3 is 10.4 Å². The van der Waals surface area contributed by atoms with Crippen LogP contribution in [0.5, 0.6) is 0 Å². The number of pyridine rings is 1. The molecule has 1 aromatic heterocycles. The second-order valence-corrected chi connectivity index (χ2v) is 4.73. The van der Waals surface area contributed by atoms with Crippen LogP contribution < -0.4 is 5.32 Å². The fraction of sp³-hybridized carbons (Fsp3) is 0.125. The molecule has 2 rings (SSSR count). The Kier molecular flexibility index (Phi) is 4.94. The van der Waals surface area contributed by atoms with Gasteiger partial charge in [-0.15, -0.1) is 0 Å². The first kappa shape index (κ1) is 15.0. The predicted molar refractivity (Wildman–Crippen MR) is 82.3 cm³/mol. The zero-order valence-corrected chi connectivity index (χ0v) is 12.1. The van der Waals surface area contributed by atoms with E-state index in [4.69, 9.17) is 16.7 Å². The third kappa shape index (κ3) is 4.06. The third-order valence-electron chi connectivity index (χ3n) is 2.69. The van der Waals surface area contributed by atoms with E-state index in [1.54, 1.807) is 36.5 Å². The van der Waals surface area contributed by atoms with Crippen molar-refractivity contribution in [3.63, 3.8) is 0 Å². The lowest BCUT2D eigenvalue weighted by atomic mass is 10.1. The van der Waals surface area contributed by atoms with Gasteiger partial charge in [0.25, 0.3) is 5.91 Å². The molecule has 0 spiro atoms. The summed E-state index contributed by atoms with van der Waals surface area (Å²) >= 11 is 5.95. The van der Waals surface area contributed by atoms with E-state index in [1.807, 2.05) is 6.92 Å². The largest absolute Gasteiger partial charge is 0.384 e. The lowest BCUT2D eigenvalue weighted by Crippen LogP contribution is -2.13. The van der Waals surface area contributed by atoms with Crippen molar-refractivity contribution in [2.24, 2.45) is 0 Å². The molecule has 21 heavy (non-hydrogen) atoms. The van der Waals surface area contributed by atoms with Crippen molar-refractivity contribution in [3.8, 4) is 11.8 Å². The number of aryl methyl sites for hydroxylation is 1. The molecule has 5 heteroatoms. The van der Waals surface area contributed by atoms with Gasteiger partial charge in [0.2, 0.25) is 0 Å². The molecule has 1 aromatic carbocycles. The number of nitrogens with one attached hydrogen (secondary N) is 1. The summed E-state index contributed by atoms with van der Waals surface area (Å²) in [4.78, 5) is 16.3. The van der Waals surface area contributed by atoms with Crippen molar-refractivity contribution >= 4 is 23.2 Å². The molecule has 2 N–H and O–H groups in total. The summed E-state index contributed by atoms with van der Waals surface area (Å²) in [5.41, 5.74) is 2.35. The second-order valence-electron chi connectivity index (χ2n) is 4.29. The number of hydrogen-bond acceptors (Lipinski definition) is 3. The van der Waals surface area contributed by atoms with Gasteiger partial charge in [-0.25, -0.2) is 0 Å². The number of aromatic nitrogens is 1. The summed E-state index contributed by atoms with van der Waals surface area (Å²) in [6.45, 7) is 1.56. The van der Waals surface area contributed by atoms with Crippen LogP contribution in [0.15, 0.2) is 36.5 Å². The van der Waals surface area contributed by atoms with Gasteiger partial charge in [-0.3, -0.25) is 9.78 Å². The minimum Gasteiger partial charge on any atom is -0.384 e. The number of amides is 1. The van der Waals surface area contributed by atoms with E-state index >= 15 is 0 Å². The Bertz CT molecular complexity index is 733. The molecular weight excluding hydrogens is 288 g/mol. The molecule has 2 aromatic rings. The van der Waals surface area contributed by atoms with E-state index in [0.717, 1.165) is 5.69 Å². The molecule has 0 bridgehead atoms. The quantitative estimate of drug-likeness (QED) is 0.838. The number of halogens is 1. The van der Waals surface area contributed by atoms with Crippen LogP contribution in [0.4, 0.5) is 5.69 Å². The summed E-state index contributed by atoms with van der Waals surface area (Å²) in [5.74, 6) is 5.05. The van der Waals surface area contributed by atoms with Crippen LogP contribution in [0.1, 0.15) is 21.6 Å². The van der Waals surface area contributed by atoms with Crippen LogP contribution in [-0.2, 0) is 0 Å². The number of hydrogen-bond donors (Lipinski definition) is 2. The summed E-state index contributed by atoms with van der Waals surface area (Å²) < 4.78 is 0. The SMILES string of the molecule is Cc1cc(C(=O)Nc2cc(Cl)ccc2C#CCO)ccn1. The number of aliphatic hydroxyl groups excluding tert-OH is 1. The number of anilines is 1. The maximum absolute atomic E-state index is 12.2. The van der Waals surface area contributed by atoms with Crippen molar-refractivity contribution in [1.82, 2.24) is 4.98 Å². The minimum absolute atomic E-state index is 0.250. The highest BCUT2D eigenvalue weighted by Gasteiger charge is 2.09. The number of carbonyl (C=O) groups excluding carboxylic acids is 1.